The van der Waals surface area contributed by atoms with E-state index in [4.69, 9.17) is 0 Å². The molecule has 1 heteroatoms. The van der Waals surface area contributed by atoms with Crippen molar-refractivity contribution >= 4 is 15.9 Å². The summed E-state index contributed by atoms with van der Waals surface area (Å²) < 4.78 is 1.23. The molecular weight excluding hydrogens is 188 g/mol. The first-order valence-electron chi connectivity index (χ1n) is 3.79. The van der Waals surface area contributed by atoms with E-state index in [9.17, 15) is 0 Å². The maximum absolute atomic E-state index is 3.47. The van der Waals surface area contributed by atoms with Crippen LogP contribution in [-0.2, 0) is 0 Å². The largest absolute Gasteiger partial charge is 0.0800 e. The summed E-state index contributed by atoms with van der Waals surface area (Å²) in [4.78, 5) is 0. The fourth-order valence-corrected chi connectivity index (χ4v) is 1.78. The summed E-state index contributed by atoms with van der Waals surface area (Å²) in [5.74, 6) is 1.45. The van der Waals surface area contributed by atoms with Gasteiger partial charge in [-0.05, 0) is 18.3 Å². The van der Waals surface area contributed by atoms with Crippen LogP contribution in [0.1, 0.15) is 20.3 Å². The summed E-state index contributed by atoms with van der Waals surface area (Å²) in [5.41, 5.74) is 0. The van der Waals surface area contributed by atoms with E-state index in [1.807, 2.05) is 0 Å². The van der Waals surface area contributed by atoms with Crippen molar-refractivity contribution in [2.75, 3.05) is 0 Å². The van der Waals surface area contributed by atoms with Crippen molar-refractivity contribution in [1.29, 1.82) is 0 Å². The van der Waals surface area contributed by atoms with Crippen molar-refractivity contribution in [3.63, 3.8) is 0 Å². The lowest BCUT2D eigenvalue weighted by Crippen LogP contribution is -2.08. The van der Waals surface area contributed by atoms with E-state index in [1.165, 1.54) is 10.9 Å². The van der Waals surface area contributed by atoms with E-state index in [0.717, 1.165) is 5.92 Å². The van der Waals surface area contributed by atoms with Gasteiger partial charge in [-0.15, -0.1) is 0 Å². The normalized spacial score (nSPS) is 32.1. The Hall–Kier alpha value is -0.0400. The first-order chi connectivity index (χ1) is 4.74. The molecule has 0 radical (unpaired) electrons. The molecule has 0 nitrogen and oxygen atoms in total. The van der Waals surface area contributed by atoms with Gasteiger partial charge in [0.15, 0.2) is 0 Å². The molecular formula is C9H13Br. The minimum absolute atomic E-state index is 0.714. The van der Waals surface area contributed by atoms with Crippen LogP contribution in [0.25, 0.3) is 0 Å². The first kappa shape index (κ1) is 8.06. The molecule has 0 aliphatic heterocycles. The topological polar surface area (TPSA) is 0 Å². The van der Waals surface area contributed by atoms with Gasteiger partial charge in [-0.2, -0.15) is 0 Å². The number of halogens is 1. The zero-order valence-electron chi connectivity index (χ0n) is 6.47. The molecule has 10 heavy (non-hydrogen) atoms. The third-order valence-electron chi connectivity index (χ3n) is 2.08. The highest BCUT2D eigenvalue weighted by Crippen LogP contribution is 2.27. The molecule has 2 atom stereocenters. The van der Waals surface area contributed by atoms with Crippen LogP contribution in [0, 0.1) is 11.8 Å². The second-order valence-corrected chi connectivity index (χ2v) is 3.76. The highest BCUT2D eigenvalue weighted by molar-refractivity contribution is 9.11. The van der Waals surface area contributed by atoms with Gasteiger partial charge in [-0.3, -0.25) is 0 Å². The number of hydrogen-bond donors (Lipinski definition) is 0. The Balaban J connectivity index is 2.67. The molecule has 0 saturated heterocycles. The van der Waals surface area contributed by atoms with Gasteiger partial charge in [0.25, 0.3) is 0 Å². The molecule has 0 fully saturated rings. The maximum atomic E-state index is 3.47. The van der Waals surface area contributed by atoms with E-state index in [0.29, 0.717) is 5.92 Å². The predicted octanol–water partition coefficient (Wildman–Crippen LogP) is 3.50. The van der Waals surface area contributed by atoms with E-state index in [-0.39, 0.29) is 0 Å². The van der Waals surface area contributed by atoms with Crippen molar-refractivity contribution in [3.8, 4) is 0 Å². The summed E-state index contributed by atoms with van der Waals surface area (Å²) in [7, 11) is 0. The Bertz CT molecular complexity index is 168. The van der Waals surface area contributed by atoms with Gasteiger partial charge in [0.2, 0.25) is 0 Å². The minimum atomic E-state index is 0.714. The maximum Gasteiger partial charge on any atom is 0.0135 e. The van der Waals surface area contributed by atoms with Gasteiger partial charge < -0.3 is 0 Å². The number of allylic oxidation sites excluding steroid dienone is 4. The monoisotopic (exact) mass is 200 g/mol. The van der Waals surface area contributed by atoms with Crippen molar-refractivity contribution in [3.05, 3.63) is 22.7 Å². The molecule has 0 bridgehead atoms. The molecule has 0 N–H and O–H groups in total. The highest BCUT2D eigenvalue weighted by Gasteiger charge is 2.13. The van der Waals surface area contributed by atoms with Gasteiger partial charge in [0.05, 0.1) is 0 Å². The van der Waals surface area contributed by atoms with Gasteiger partial charge in [0, 0.05) is 4.48 Å². The molecule has 0 aromatic heterocycles. The molecule has 0 aromatic carbocycles. The molecule has 1 aliphatic rings. The minimum Gasteiger partial charge on any atom is -0.0800 e. The average molecular weight is 201 g/mol. The van der Waals surface area contributed by atoms with Gasteiger partial charge in [-0.1, -0.05) is 48.0 Å². The quantitative estimate of drug-likeness (QED) is 0.609. The highest BCUT2D eigenvalue weighted by atomic mass is 79.9. The molecule has 0 aromatic rings. The van der Waals surface area contributed by atoms with Gasteiger partial charge >= 0.3 is 0 Å². The van der Waals surface area contributed by atoms with Crippen molar-refractivity contribution < 1.29 is 0 Å². The number of rotatable bonds is 1. The smallest absolute Gasteiger partial charge is 0.0135 e. The first-order valence-corrected chi connectivity index (χ1v) is 4.59. The van der Waals surface area contributed by atoms with E-state index in [2.05, 4.69) is 48.0 Å². The SMILES string of the molecule is CCC1C=C(Br)C=CC1C. The zero-order valence-corrected chi connectivity index (χ0v) is 8.06. The Kier molecular flexibility index (Phi) is 2.72. The summed E-state index contributed by atoms with van der Waals surface area (Å²) >= 11 is 3.47. The Morgan fingerprint density at radius 1 is 1.60 bits per heavy atom. The predicted molar refractivity (Wildman–Crippen MR) is 49.1 cm³/mol. The van der Waals surface area contributed by atoms with Crippen LogP contribution in [-0.4, -0.2) is 0 Å². The second kappa shape index (κ2) is 3.38. The van der Waals surface area contributed by atoms with Crippen molar-refractivity contribution in [1.82, 2.24) is 0 Å². The molecule has 56 valence electrons. The third-order valence-corrected chi connectivity index (χ3v) is 2.61. The van der Waals surface area contributed by atoms with Crippen molar-refractivity contribution in [2.45, 2.75) is 20.3 Å². The third kappa shape index (κ3) is 1.72. The molecule has 0 amide bonds. The van der Waals surface area contributed by atoms with E-state index < -0.39 is 0 Å². The van der Waals surface area contributed by atoms with Gasteiger partial charge in [0.1, 0.15) is 0 Å². The summed E-state index contributed by atoms with van der Waals surface area (Å²) in [6.07, 6.45) is 7.93. The number of hydrogen-bond acceptors (Lipinski definition) is 0. The lowest BCUT2D eigenvalue weighted by molar-refractivity contribution is 0.491. The summed E-state index contributed by atoms with van der Waals surface area (Å²) in [6, 6.07) is 0. The molecule has 1 aliphatic carbocycles. The molecule has 0 heterocycles. The molecule has 1 rings (SSSR count). The molecule has 0 spiro atoms. The standard InChI is InChI=1S/C9H13Br/c1-3-8-6-9(10)5-4-7(8)2/h4-8H,3H2,1-2H3. The van der Waals surface area contributed by atoms with Crippen molar-refractivity contribution in [2.24, 2.45) is 11.8 Å². The van der Waals surface area contributed by atoms with Crippen LogP contribution < -0.4 is 0 Å². The van der Waals surface area contributed by atoms with Gasteiger partial charge in [-0.25, -0.2) is 0 Å². The fraction of sp³-hybridized carbons (Fsp3) is 0.556. The second-order valence-electron chi connectivity index (χ2n) is 2.84. The van der Waals surface area contributed by atoms with Crippen LogP contribution in [0.15, 0.2) is 22.7 Å². The Morgan fingerprint density at radius 3 is 2.80 bits per heavy atom. The Labute approximate surface area is 71.1 Å². The van der Waals surface area contributed by atoms with E-state index >= 15 is 0 Å². The lowest BCUT2D eigenvalue weighted by Gasteiger charge is -2.19. The van der Waals surface area contributed by atoms with Crippen LogP contribution in [0.3, 0.4) is 0 Å². The van der Waals surface area contributed by atoms with Crippen LogP contribution in [0.5, 0.6) is 0 Å². The molecule has 0 saturated carbocycles. The zero-order chi connectivity index (χ0) is 7.56. The average Bonchev–Trinajstić information content (AvgIpc) is 1.94. The van der Waals surface area contributed by atoms with Crippen LogP contribution >= 0.6 is 15.9 Å². The van der Waals surface area contributed by atoms with E-state index in [1.54, 1.807) is 0 Å². The summed E-state index contributed by atoms with van der Waals surface area (Å²) in [5, 5.41) is 0. The fourth-order valence-electron chi connectivity index (χ4n) is 1.29. The summed E-state index contributed by atoms with van der Waals surface area (Å²) in [6.45, 7) is 4.50. The Morgan fingerprint density at radius 2 is 2.30 bits per heavy atom. The molecule has 2 unspecified atom stereocenters. The lowest BCUT2D eigenvalue weighted by atomic mass is 9.88. The van der Waals surface area contributed by atoms with Crippen LogP contribution in [0.4, 0.5) is 0 Å². The van der Waals surface area contributed by atoms with Crippen LogP contribution in [0.2, 0.25) is 0 Å².